The van der Waals surface area contributed by atoms with Crippen LogP contribution in [0, 0.1) is 0 Å². The van der Waals surface area contributed by atoms with Crippen LogP contribution < -0.4 is 21.7 Å². The molecule has 1 fully saturated rings. The van der Waals surface area contributed by atoms with Crippen molar-refractivity contribution in [2.45, 2.75) is 58.4 Å². The van der Waals surface area contributed by atoms with Gasteiger partial charge in [0.15, 0.2) is 11.5 Å². The first kappa shape index (κ1) is 24.9. The Labute approximate surface area is 199 Å². The summed E-state index contributed by atoms with van der Waals surface area (Å²) in [6, 6.07) is 6.97. The minimum Gasteiger partial charge on any atom is -0.364 e. The van der Waals surface area contributed by atoms with Gasteiger partial charge in [-0.1, -0.05) is 25.6 Å². The van der Waals surface area contributed by atoms with Gasteiger partial charge in [0.05, 0.1) is 11.4 Å². The number of rotatable bonds is 11. The number of aryl methyl sites for hydroxylation is 1. The van der Waals surface area contributed by atoms with Crippen molar-refractivity contribution in [2.75, 3.05) is 11.9 Å². The van der Waals surface area contributed by atoms with Crippen LogP contribution in [0.5, 0.6) is 0 Å². The zero-order chi connectivity index (χ0) is 24.8. The molecule has 0 spiro atoms. The maximum absolute atomic E-state index is 12.2. The lowest BCUT2D eigenvalue weighted by atomic mass is 10.1. The van der Waals surface area contributed by atoms with Crippen molar-refractivity contribution in [3.05, 3.63) is 59.1 Å². The predicted octanol–water partition coefficient (Wildman–Crippen LogP) is 2.50. The molecule has 1 aliphatic carbocycles. The van der Waals surface area contributed by atoms with Crippen LogP contribution in [0.2, 0.25) is 0 Å². The number of carbonyl (C=O) groups is 3. The summed E-state index contributed by atoms with van der Waals surface area (Å²) in [5.74, 6) is -0.495. The first-order chi connectivity index (χ1) is 16.2. The van der Waals surface area contributed by atoms with Crippen LogP contribution >= 0.6 is 0 Å². The smallest absolute Gasteiger partial charge is 0.271 e. The summed E-state index contributed by atoms with van der Waals surface area (Å²) in [5, 5.41) is 8.61. The van der Waals surface area contributed by atoms with E-state index in [9.17, 15) is 14.4 Å². The van der Waals surface area contributed by atoms with Gasteiger partial charge in [-0.15, -0.1) is 0 Å². The highest BCUT2D eigenvalue weighted by molar-refractivity contribution is 5.96. The van der Waals surface area contributed by atoms with Crippen molar-refractivity contribution in [2.24, 2.45) is 5.73 Å². The topological polar surface area (TPSA) is 139 Å². The van der Waals surface area contributed by atoms with Crippen LogP contribution in [0.3, 0.4) is 0 Å². The van der Waals surface area contributed by atoms with Crippen molar-refractivity contribution >= 4 is 29.2 Å². The molecule has 180 valence electrons. The third kappa shape index (κ3) is 6.40. The summed E-state index contributed by atoms with van der Waals surface area (Å²) in [7, 11) is 0. The Kier molecular flexibility index (Phi) is 7.99. The molecule has 9 heteroatoms. The molecule has 0 radical (unpaired) electrons. The molecule has 1 heterocycles. The lowest BCUT2D eigenvalue weighted by molar-refractivity contribution is -0.126. The third-order valence-corrected chi connectivity index (χ3v) is 5.56. The standard InChI is InChI=1S/C25H32N6O3/c1-5-19-20(17-9-10-17)31-23(21(30-19)22(26)32)29-18-8-6-7-16(13-18)11-12-27-25(34)15(4)28-24(33)14(2)3/h6-8,13,15,17H,2,5,9-12H2,1,3-4H3,(H2,26,32)(H,27,34)(H,28,33)(H,29,31)/t15-/m0/s1. The summed E-state index contributed by atoms with van der Waals surface area (Å²) >= 11 is 0. The Morgan fingerprint density at radius 1 is 1.24 bits per heavy atom. The fraction of sp³-hybridized carbons (Fsp3) is 0.400. The molecular weight excluding hydrogens is 432 g/mol. The molecule has 9 nitrogen and oxygen atoms in total. The fourth-order valence-electron chi connectivity index (χ4n) is 3.50. The average molecular weight is 465 g/mol. The largest absolute Gasteiger partial charge is 0.364 e. The molecule has 1 aromatic carbocycles. The van der Waals surface area contributed by atoms with Crippen molar-refractivity contribution in [1.29, 1.82) is 0 Å². The van der Waals surface area contributed by atoms with Crippen LogP contribution in [-0.2, 0) is 22.4 Å². The summed E-state index contributed by atoms with van der Waals surface area (Å²) in [6.07, 6.45) is 3.43. The maximum Gasteiger partial charge on any atom is 0.271 e. The van der Waals surface area contributed by atoms with Crippen LogP contribution in [0.25, 0.3) is 0 Å². The van der Waals surface area contributed by atoms with E-state index >= 15 is 0 Å². The summed E-state index contributed by atoms with van der Waals surface area (Å²) in [6.45, 7) is 9.17. The Morgan fingerprint density at radius 2 is 1.97 bits per heavy atom. The van der Waals surface area contributed by atoms with E-state index in [-0.39, 0.29) is 17.5 Å². The number of primary amides is 1. The van der Waals surface area contributed by atoms with Crippen LogP contribution in [0.1, 0.15) is 67.0 Å². The van der Waals surface area contributed by atoms with E-state index in [0.717, 1.165) is 35.5 Å². The molecule has 34 heavy (non-hydrogen) atoms. The zero-order valence-corrected chi connectivity index (χ0v) is 19.9. The van der Waals surface area contributed by atoms with Gasteiger partial charge in [0.2, 0.25) is 11.8 Å². The number of amides is 3. The van der Waals surface area contributed by atoms with Gasteiger partial charge in [-0.05, 0) is 57.2 Å². The number of nitrogens with two attached hydrogens (primary N) is 1. The monoisotopic (exact) mass is 464 g/mol. The molecule has 1 aromatic heterocycles. The molecule has 5 N–H and O–H groups in total. The van der Waals surface area contributed by atoms with Crippen molar-refractivity contribution in [3.63, 3.8) is 0 Å². The highest BCUT2D eigenvalue weighted by Crippen LogP contribution is 2.41. The zero-order valence-electron chi connectivity index (χ0n) is 19.9. The van der Waals surface area contributed by atoms with Gasteiger partial charge >= 0.3 is 0 Å². The molecule has 0 unspecified atom stereocenters. The number of benzene rings is 1. The van der Waals surface area contributed by atoms with E-state index in [1.165, 1.54) is 0 Å². The quantitative estimate of drug-likeness (QED) is 0.377. The Hall–Kier alpha value is -3.75. The fourth-order valence-corrected chi connectivity index (χ4v) is 3.50. The number of anilines is 2. The number of nitrogens with zero attached hydrogens (tertiary/aromatic N) is 2. The van der Waals surface area contributed by atoms with Gasteiger partial charge < -0.3 is 21.7 Å². The first-order valence-electron chi connectivity index (χ1n) is 11.5. The van der Waals surface area contributed by atoms with Gasteiger partial charge in [-0.2, -0.15) is 0 Å². The second-order valence-corrected chi connectivity index (χ2v) is 8.59. The number of carbonyl (C=O) groups excluding carboxylic acids is 3. The lowest BCUT2D eigenvalue weighted by Gasteiger charge is -2.15. The van der Waals surface area contributed by atoms with E-state index < -0.39 is 11.9 Å². The second-order valence-electron chi connectivity index (χ2n) is 8.59. The van der Waals surface area contributed by atoms with E-state index in [0.29, 0.717) is 36.7 Å². The van der Waals surface area contributed by atoms with Crippen molar-refractivity contribution in [3.8, 4) is 0 Å². The molecule has 1 saturated carbocycles. The van der Waals surface area contributed by atoms with Crippen molar-refractivity contribution in [1.82, 2.24) is 20.6 Å². The normalized spacial score (nSPS) is 13.6. The molecule has 0 aliphatic heterocycles. The van der Waals surface area contributed by atoms with E-state index in [1.54, 1.807) is 13.8 Å². The van der Waals surface area contributed by atoms with Crippen LogP contribution in [0.4, 0.5) is 11.5 Å². The highest BCUT2D eigenvalue weighted by atomic mass is 16.2. The second kappa shape index (κ2) is 10.9. The van der Waals surface area contributed by atoms with Crippen molar-refractivity contribution < 1.29 is 14.4 Å². The van der Waals surface area contributed by atoms with Gasteiger partial charge in [-0.3, -0.25) is 14.4 Å². The number of hydrogen-bond donors (Lipinski definition) is 4. The SMILES string of the molecule is C=C(C)C(=O)N[C@@H](C)C(=O)NCCc1cccc(Nc2nc(C3CC3)c(CC)nc2C(N)=O)c1. The summed E-state index contributed by atoms with van der Waals surface area (Å²) in [5.41, 5.74) is 9.53. The Bertz CT molecular complexity index is 1110. The van der Waals surface area contributed by atoms with Crippen LogP contribution in [-0.4, -0.2) is 40.3 Å². The molecule has 3 amide bonds. The molecule has 1 aliphatic rings. The Balaban J connectivity index is 1.65. The molecule has 2 aromatic rings. The van der Waals surface area contributed by atoms with Gasteiger partial charge in [0.25, 0.3) is 5.91 Å². The number of aromatic nitrogens is 2. The third-order valence-electron chi connectivity index (χ3n) is 5.56. The van der Waals surface area contributed by atoms with E-state index in [2.05, 4.69) is 27.5 Å². The first-order valence-corrected chi connectivity index (χ1v) is 11.5. The average Bonchev–Trinajstić information content (AvgIpc) is 3.64. The minimum atomic E-state index is -0.658. The minimum absolute atomic E-state index is 0.129. The highest BCUT2D eigenvalue weighted by Gasteiger charge is 2.30. The summed E-state index contributed by atoms with van der Waals surface area (Å²) in [4.78, 5) is 45.1. The molecule has 1 atom stereocenters. The predicted molar refractivity (Wildman–Crippen MR) is 131 cm³/mol. The van der Waals surface area contributed by atoms with Crippen LogP contribution in [0.15, 0.2) is 36.4 Å². The molecular formula is C25H32N6O3. The van der Waals surface area contributed by atoms with E-state index in [1.807, 2.05) is 31.2 Å². The number of nitrogens with one attached hydrogen (secondary N) is 3. The van der Waals surface area contributed by atoms with E-state index in [4.69, 9.17) is 10.7 Å². The lowest BCUT2D eigenvalue weighted by Crippen LogP contribution is -2.45. The molecule has 3 rings (SSSR count). The number of hydrogen-bond acceptors (Lipinski definition) is 6. The summed E-state index contributed by atoms with van der Waals surface area (Å²) < 4.78 is 0. The van der Waals surface area contributed by atoms with Gasteiger partial charge in [0.1, 0.15) is 6.04 Å². The molecule has 0 bridgehead atoms. The van der Waals surface area contributed by atoms with Gasteiger partial charge in [-0.25, -0.2) is 9.97 Å². The maximum atomic E-state index is 12.2. The molecule has 0 saturated heterocycles. The Morgan fingerprint density at radius 3 is 2.59 bits per heavy atom. The van der Waals surface area contributed by atoms with Gasteiger partial charge in [0, 0.05) is 23.7 Å².